The van der Waals surface area contributed by atoms with Gasteiger partial charge in [0.05, 0.1) is 0 Å². The highest BCUT2D eigenvalue weighted by molar-refractivity contribution is 4.99. The van der Waals surface area contributed by atoms with Gasteiger partial charge in [-0.05, 0) is 19.8 Å². The van der Waals surface area contributed by atoms with Crippen LogP contribution in [0.4, 0.5) is 0 Å². The fourth-order valence-corrected chi connectivity index (χ4v) is 1.13. The Balaban J connectivity index is 3.25. The van der Waals surface area contributed by atoms with Gasteiger partial charge in [-0.2, -0.15) is 0 Å². The molecule has 0 spiro atoms. The van der Waals surface area contributed by atoms with Gasteiger partial charge in [0.15, 0.2) is 0 Å². The molecule has 1 heteroatoms. The number of hydrogen-bond donors (Lipinski definition) is 1. The van der Waals surface area contributed by atoms with Gasteiger partial charge in [-0.3, -0.25) is 0 Å². The predicted molar refractivity (Wildman–Crippen MR) is 60.7 cm³/mol. The van der Waals surface area contributed by atoms with E-state index in [2.05, 4.69) is 25.4 Å². The zero-order chi connectivity index (χ0) is 10.1. The lowest BCUT2D eigenvalue weighted by molar-refractivity contribution is 0.645. The Morgan fingerprint density at radius 1 is 1.15 bits per heavy atom. The summed E-state index contributed by atoms with van der Waals surface area (Å²) in [6, 6.07) is 0. The maximum Gasteiger partial charge on any atom is 0.0351 e. The summed E-state index contributed by atoms with van der Waals surface area (Å²) in [4.78, 5) is 0. The Bertz CT molecular complexity index is 159. The van der Waals surface area contributed by atoms with Crippen molar-refractivity contribution in [3.8, 4) is 0 Å². The molecule has 0 rings (SSSR count). The van der Waals surface area contributed by atoms with Crippen LogP contribution in [0.2, 0.25) is 0 Å². The summed E-state index contributed by atoms with van der Waals surface area (Å²) in [5.74, 6) is 0. The van der Waals surface area contributed by atoms with Gasteiger partial charge in [0.2, 0.25) is 0 Å². The third-order valence-corrected chi connectivity index (χ3v) is 1.97. The Hall–Kier alpha value is -0.720. The van der Waals surface area contributed by atoms with E-state index < -0.39 is 0 Å². The maximum atomic E-state index is 3.97. The highest BCUT2D eigenvalue weighted by atomic mass is 14.9. The minimum Gasteiger partial charge on any atom is -0.385 e. The van der Waals surface area contributed by atoms with Crippen molar-refractivity contribution in [3.05, 3.63) is 24.4 Å². The fourth-order valence-electron chi connectivity index (χ4n) is 1.13. The number of unbranched alkanes of at least 4 members (excludes halogenated alkanes) is 3. The van der Waals surface area contributed by atoms with Crippen LogP contribution in [-0.4, -0.2) is 6.54 Å². The molecule has 0 saturated carbocycles. The van der Waals surface area contributed by atoms with Crippen molar-refractivity contribution < 1.29 is 0 Å². The third kappa shape index (κ3) is 9.19. The van der Waals surface area contributed by atoms with Crippen molar-refractivity contribution in [1.82, 2.24) is 5.32 Å². The van der Waals surface area contributed by atoms with E-state index in [1.54, 1.807) is 0 Å². The topological polar surface area (TPSA) is 12.0 Å². The van der Waals surface area contributed by atoms with Crippen LogP contribution in [0.3, 0.4) is 0 Å². The summed E-state index contributed by atoms with van der Waals surface area (Å²) in [7, 11) is 0. The molecule has 76 valence electrons. The summed E-state index contributed by atoms with van der Waals surface area (Å²) in [6.45, 7) is 12.9. The molecule has 0 aromatic carbocycles. The van der Waals surface area contributed by atoms with E-state index in [-0.39, 0.29) is 0 Å². The highest BCUT2D eigenvalue weighted by Crippen LogP contribution is 2.06. The minimum absolute atomic E-state index is 0.868. The van der Waals surface area contributed by atoms with Crippen molar-refractivity contribution in [2.45, 2.75) is 46.0 Å². The molecule has 0 atom stereocenters. The lowest BCUT2D eigenvalue weighted by Crippen LogP contribution is -2.14. The third-order valence-electron chi connectivity index (χ3n) is 1.97. The average Bonchev–Trinajstić information content (AvgIpc) is 2.09. The summed E-state index contributed by atoms with van der Waals surface area (Å²) in [6.07, 6.45) is 6.33. The first-order valence-electron chi connectivity index (χ1n) is 5.22. The number of nitrogens with one attached hydrogen (secondary N) is 1. The standard InChI is InChI=1S/C12H23N/c1-5-6-7-8-9-12(4)13-10-11(2)3/h13H,2,4-10H2,1,3H3. The molecular formula is C12H23N. The Morgan fingerprint density at radius 3 is 2.38 bits per heavy atom. The number of rotatable bonds is 8. The quantitative estimate of drug-likeness (QED) is 0.445. The Labute approximate surface area is 82.9 Å². The summed E-state index contributed by atoms with van der Waals surface area (Å²) < 4.78 is 0. The molecule has 0 heterocycles. The van der Waals surface area contributed by atoms with Gasteiger partial charge in [0.1, 0.15) is 0 Å². The van der Waals surface area contributed by atoms with E-state index in [1.807, 2.05) is 6.92 Å². The molecule has 0 aliphatic carbocycles. The lowest BCUT2D eigenvalue weighted by atomic mass is 10.1. The van der Waals surface area contributed by atoms with Crippen molar-refractivity contribution in [1.29, 1.82) is 0 Å². The van der Waals surface area contributed by atoms with Crippen LogP contribution in [0.15, 0.2) is 24.4 Å². The number of allylic oxidation sites excluding steroid dienone is 1. The lowest BCUT2D eigenvalue weighted by Gasteiger charge is -2.08. The Morgan fingerprint density at radius 2 is 1.85 bits per heavy atom. The van der Waals surface area contributed by atoms with Crippen LogP contribution < -0.4 is 5.32 Å². The van der Waals surface area contributed by atoms with Gasteiger partial charge in [-0.25, -0.2) is 0 Å². The smallest absolute Gasteiger partial charge is 0.0351 e. The van der Waals surface area contributed by atoms with E-state index in [1.165, 1.54) is 25.7 Å². The van der Waals surface area contributed by atoms with Crippen molar-refractivity contribution >= 4 is 0 Å². The Kier molecular flexibility index (Phi) is 7.47. The second-order valence-electron chi connectivity index (χ2n) is 3.72. The molecule has 13 heavy (non-hydrogen) atoms. The molecule has 0 amide bonds. The predicted octanol–water partition coefficient (Wildman–Crippen LogP) is 3.64. The molecule has 1 nitrogen and oxygen atoms in total. The first kappa shape index (κ1) is 12.3. The molecule has 0 unspecified atom stereocenters. The van der Waals surface area contributed by atoms with E-state index in [9.17, 15) is 0 Å². The molecule has 1 N–H and O–H groups in total. The van der Waals surface area contributed by atoms with Crippen LogP contribution >= 0.6 is 0 Å². The molecule has 0 aromatic heterocycles. The van der Waals surface area contributed by atoms with E-state index in [0.717, 1.165) is 24.2 Å². The largest absolute Gasteiger partial charge is 0.385 e. The summed E-state index contributed by atoms with van der Waals surface area (Å²) in [5.41, 5.74) is 2.31. The summed E-state index contributed by atoms with van der Waals surface area (Å²) >= 11 is 0. The zero-order valence-corrected chi connectivity index (χ0v) is 9.16. The van der Waals surface area contributed by atoms with Gasteiger partial charge in [-0.1, -0.05) is 44.9 Å². The zero-order valence-electron chi connectivity index (χ0n) is 9.16. The molecule has 0 aliphatic heterocycles. The molecule has 0 bridgehead atoms. The fraction of sp³-hybridized carbons (Fsp3) is 0.667. The second kappa shape index (κ2) is 7.90. The maximum absolute atomic E-state index is 3.97. The van der Waals surface area contributed by atoms with Crippen LogP contribution in [0, 0.1) is 0 Å². The van der Waals surface area contributed by atoms with Crippen LogP contribution in [0.25, 0.3) is 0 Å². The van der Waals surface area contributed by atoms with E-state index >= 15 is 0 Å². The van der Waals surface area contributed by atoms with Crippen LogP contribution in [-0.2, 0) is 0 Å². The SMILES string of the molecule is C=C(C)CNC(=C)CCCCCC. The highest BCUT2D eigenvalue weighted by Gasteiger charge is 1.93. The number of hydrogen-bond acceptors (Lipinski definition) is 1. The summed E-state index contributed by atoms with van der Waals surface area (Å²) in [5, 5.41) is 3.26. The first-order chi connectivity index (χ1) is 6.16. The minimum atomic E-state index is 0.868. The first-order valence-corrected chi connectivity index (χ1v) is 5.22. The van der Waals surface area contributed by atoms with E-state index in [4.69, 9.17) is 0 Å². The van der Waals surface area contributed by atoms with Gasteiger partial charge in [-0.15, -0.1) is 0 Å². The van der Waals surface area contributed by atoms with E-state index in [0.29, 0.717) is 0 Å². The van der Waals surface area contributed by atoms with Crippen LogP contribution in [0.1, 0.15) is 46.0 Å². The molecule has 0 aromatic rings. The van der Waals surface area contributed by atoms with Crippen molar-refractivity contribution in [2.75, 3.05) is 6.54 Å². The van der Waals surface area contributed by atoms with Gasteiger partial charge >= 0.3 is 0 Å². The molecule has 0 radical (unpaired) electrons. The molecule has 0 saturated heterocycles. The second-order valence-corrected chi connectivity index (χ2v) is 3.72. The molecule has 0 fully saturated rings. The van der Waals surface area contributed by atoms with Gasteiger partial charge < -0.3 is 5.32 Å². The molecule has 0 aliphatic rings. The van der Waals surface area contributed by atoms with Crippen molar-refractivity contribution in [2.24, 2.45) is 0 Å². The van der Waals surface area contributed by atoms with Gasteiger partial charge in [0, 0.05) is 12.2 Å². The van der Waals surface area contributed by atoms with Crippen molar-refractivity contribution in [3.63, 3.8) is 0 Å². The molecular weight excluding hydrogens is 158 g/mol. The van der Waals surface area contributed by atoms with Gasteiger partial charge in [0.25, 0.3) is 0 Å². The monoisotopic (exact) mass is 181 g/mol. The normalized spacial score (nSPS) is 9.69. The average molecular weight is 181 g/mol. The van der Waals surface area contributed by atoms with Crippen LogP contribution in [0.5, 0.6) is 0 Å².